The van der Waals surface area contributed by atoms with Crippen LogP contribution in [0.5, 0.6) is 0 Å². The van der Waals surface area contributed by atoms with Crippen molar-refractivity contribution < 1.29 is 27.5 Å². The predicted octanol–water partition coefficient (Wildman–Crippen LogP) is 3.08. The Balaban J connectivity index is 5.19. The summed E-state index contributed by atoms with van der Waals surface area (Å²) in [6, 6.07) is 0. The molecule has 0 aliphatic carbocycles. The van der Waals surface area contributed by atoms with Crippen LogP contribution < -0.4 is 5.32 Å². The Bertz CT molecular complexity index is 351. The maximum Gasteiger partial charge on any atom is 0.414 e. The van der Waals surface area contributed by atoms with E-state index in [4.69, 9.17) is 0 Å². The lowest BCUT2D eigenvalue weighted by molar-refractivity contribution is -0.141. The molecule has 20 heavy (non-hydrogen) atoms. The molecule has 0 rings (SSSR count). The van der Waals surface area contributed by atoms with Crippen molar-refractivity contribution in [3.63, 3.8) is 0 Å². The van der Waals surface area contributed by atoms with Crippen LogP contribution in [0.2, 0.25) is 0 Å². The number of esters is 1. The molecule has 0 saturated heterocycles. The number of carbonyl (C=O) groups excluding carboxylic acids is 2. The van der Waals surface area contributed by atoms with Gasteiger partial charge in [0.25, 0.3) is 0 Å². The lowest BCUT2D eigenvalue weighted by Gasteiger charge is -2.16. The van der Waals surface area contributed by atoms with Gasteiger partial charge in [0.1, 0.15) is 5.70 Å². The summed E-state index contributed by atoms with van der Waals surface area (Å²) in [5, 5.41) is 1.82. The minimum atomic E-state index is -4.68. The summed E-state index contributed by atoms with van der Waals surface area (Å²) in [4.78, 5) is 21.9. The van der Waals surface area contributed by atoms with Crippen LogP contribution in [0.1, 0.15) is 46.0 Å². The van der Waals surface area contributed by atoms with E-state index in [1.807, 2.05) is 12.2 Å². The summed E-state index contributed by atoms with van der Waals surface area (Å²) in [7, 11) is 0. The van der Waals surface area contributed by atoms with Gasteiger partial charge in [-0.2, -0.15) is 13.2 Å². The van der Waals surface area contributed by atoms with Gasteiger partial charge >= 0.3 is 12.1 Å². The van der Waals surface area contributed by atoms with E-state index in [1.165, 1.54) is 6.92 Å². The van der Waals surface area contributed by atoms with Crippen molar-refractivity contribution >= 4 is 12.4 Å². The second-order valence-corrected chi connectivity index (χ2v) is 4.14. The van der Waals surface area contributed by atoms with Crippen LogP contribution in [0, 0.1) is 0 Å². The molecule has 0 aromatic heterocycles. The third kappa shape index (κ3) is 6.58. The van der Waals surface area contributed by atoms with Crippen LogP contribution in [-0.2, 0) is 14.3 Å². The standard InChI is InChI=1S/C13H20F3NO3/c1-3-5-6-7-8-10(13(14,15)16)11(17-9-18)12(19)20-4-2/h9H,3-8H2,1-2H3,(H,17,18)/b11-10-. The van der Waals surface area contributed by atoms with E-state index in [0.717, 1.165) is 12.8 Å². The summed E-state index contributed by atoms with van der Waals surface area (Å²) in [6.07, 6.45) is -2.31. The molecule has 1 N–H and O–H groups in total. The normalized spacial score (nSPS) is 12.7. The Morgan fingerprint density at radius 2 is 1.85 bits per heavy atom. The van der Waals surface area contributed by atoms with E-state index in [1.54, 1.807) is 0 Å². The zero-order valence-electron chi connectivity index (χ0n) is 11.7. The molecular formula is C13H20F3NO3. The number of carbonyl (C=O) groups is 2. The highest BCUT2D eigenvalue weighted by Crippen LogP contribution is 2.32. The maximum absolute atomic E-state index is 13.0. The van der Waals surface area contributed by atoms with Crippen LogP contribution in [0.4, 0.5) is 13.2 Å². The molecule has 0 aromatic rings. The molecule has 1 amide bonds. The Morgan fingerprint density at radius 3 is 2.30 bits per heavy atom. The zero-order valence-corrected chi connectivity index (χ0v) is 11.7. The van der Waals surface area contributed by atoms with Gasteiger partial charge in [-0.25, -0.2) is 4.79 Å². The van der Waals surface area contributed by atoms with Crippen LogP contribution in [0.15, 0.2) is 11.3 Å². The minimum Gasteiger partial charge on any atom is -0.461 e. The molecule has 0 aliphatic rings. The van der Waals surface area contributed by atoms with Gasteiger partial charge in [0.05, 0.1) is 12.2 Å². The first-order valence-electron chi connectivity index (χ1n) is 6.56. The van der Waals surface area contributed by atoms with Gasteiger partial charge < -0.3 is 10.1 Å². The van der Waals surface area contributed by atoms with Gasteiger partial charge in [0.15, 0.2) is 0 Å². The molecule has 0 saturated carbocycles. The fourth-order valence-electron chi connectivity index (χ4n) is 1.67. The topological polar surface area (TPSA) is 55.4 Å². The van der Waals surface area contributed by atoms with Crippen molar-refractivity contribution in [2.45, 2.75) is 52.1 Å². The maximum atomic E-state index is 13.0. The van der Waals surface area contributed by atoms with E-state index in [-0.39, 0.29) is 19.4 Å². The first-order chi connectivity index (χ1) is 9.38. The number of halogens is 3. The number of allylic oxidation sites excluding steroid dienone is 1. The lowest BCUT2D eigenvalue weighted by atomic mass is 10.0. The van der Waals surface area contributed by atoms with E-state index in [0.29, 0.717) is 12.8 Å². The SMILES string of the molecule is CCCCCC/C(=C(/NC=O)C(=O)OCC)C(F)(F)F. The number of unbranched alkanes of at least 4 members (excludes halogenated alkanes) is 3. The number of alkyl halides is 3. The summed E-state index contributed by atoms with van der Waals surface area (Å²) in [5.74, 6) is -1.16. The molecule has 0 aliphatic heterocycles. The smallest absolute Gasteiger partial charge is 0.414 e. The first-order valence-corrected chi connectivity index (χ1v) is 6.56. The highest BCUT2D eigenvalue weighted by atomic mass is 19.4. The molecule has 0 heterocycles. The van der Waals surface area contributed by atoms with Gasteiger partial charge in [-0.3, -0.25) is 4.79 Å². The number of hydrogen-bond acceptors (Lipinski definition) is 3. The second-order valence-electron chi connectivity index (χ2n) is 4.14. The molecule has 0 aromatic carbocycles. The predicted molar refractivity (Wildman–Crippen MR) is 67.7 cm³/mol. The highest BCUT2D eigenvalue weighted by Gasteiger charge is 2.38. The molecular weight excluding hydrogens is 275 g/mol. The Morgan fingerprint density at radius 1 is 1.20 bits per heavy atom. The third-order valence-corrected chi connectivity index (χ3v) is 2.61. The van der Waals surface area contributed by atoms with Gasteiger partial charge in [-0.05, 0) is 19.8 Å². The van der Waals surface area contributed by atoms with Crippen LogP contribution >= 0.6 is 0 Å². The lowest BCUT2D eigenvalue weighted by Crippen LogP contribution is -2.28. The summed E-state index contributed by atoms with van der Waals surface area (Å²) in [6.45, 7) is 3.35. The van der Waals surface area contributed by atoms with Gasteiger partial charge in [0, 0.05) is 0 Å². The van der Waals surface area contributed by atoms with Crippen molar-refractivity contribution in [3.8, 4) is 0 Å². The monoisotopic (exact) mass is 295 g/mol. The Labute approximate surface area is 116 Å². The highest BCUT2D eigenvalue weighted by molar-refractivity contribution is 5.91. The molecule has 0 radical (unpaired) electrons. The number of rotatable bonds is 9. The average molecular weight is 295 g/mol. The van der Waals surface area contributed by atoms with E-state index >= 15 is 0 Å². The molecule has 0 unspecified atom stereocenters. The van der Waals surface area contributed by atoms with E-state index < -0.39 is 23.4 Å². The molecule has 7 heteroatoms. The van der Waals surface area contributed by atoms with Gasteiger partial charge in [0.2, 0.25) is 6.41 Å². The Hall–Kier alpha value is -1.53. The number of ether oxygens (including phenoxy) is 1. The molecule has 116 valence electrons. The number of hydrogen-bond donors (Lipinski definition) is 1. The van der Waals surface area contributed by atoms with Gasteiger partial charge in [-0.15, -0.1) is 0 Å². The van der Waals surface area contributed by atoms with Crippen LogP contribution in [0.25, 0.3) is 0 Å². The molecule has 0 fully saturated rings. The van der Waals surface area contributed by atoms with Crippen molar-refractivity contribution in [1.29, 1.82) is 0 Å². The largest absolute Gasteiger partial charge is 0.461 e. The van der Waals surface area contributed by atoms with Crippen LogP contribution in [-0.4, -0.2) is 25.2 Å². The third-order valence-electron chi connectivity index (χ3n) is 2.61. The summed E-state index contributed by atoms with van der Waals surface area (Å²) >= 11 is 0. The molecule has 4 nitrogen and oxygen atoms in total. The fourth-order valence-corrected chi connectivity index (χ4v) is 1.67. The quantitative estimate of drug-likeness (QED) is 0.308. The number of nitrogens with one attached hydrogen (secondary N) is 1. The molecule has 0 spiro atoms. The van der Waals surface area contributed by atoms with E-state index in [9.17, 15) is 22.8 Å². The fraction of sp³-hybridized carbons (Fsp3) is 0.692. The second kappa shape index (κ2) is 9.39. The van der Waals surface area contributed by atoms with Crippen molar-refractivity contribution in [3.05, 3.63) is 11.3 Å². The van der Waals surface area contributed by atoms with E-state index in [2.05, 4.69) is 4.74 Å². The van der Waals surface area contributed by atoms with Crippen molar-refractivity contribution in [2.24, 2.45) is 0 Å². The zero-order chi connectivity index (χ0) is 15.6. The average Bonchev–Trinajstić information content (AvgIpc) is 2.35. The van der Waals surface area contributed by atoms with Crippen molar-refractivity contribution in [1.82, 2.24) is 5.32 Å². The number of amides is 1. The minimum absolute atomic E-state index is 0.0457. The van der Waals surface area contributed by atoms with Crippen molar-refractivity contribution in [2.75, 3.05) is 6.61 Å². The summed E-state index contributed by atoms with van der Waals surface area (Å²) < 4.78 is 43.5. The Kier molecular flexibility index (Phi) is 8.67. The molecule has 0 bridgehead atoms. The first kappa shape index (κ1) is 18.5. The van der Waals surface area contributed by atoms with Crippen LogP contribution in [0.3, 0.4) is 0 Å². The molecule has 0 atom stereocenters. The van der Waals surface area contributed by atoms with Gasteiger partial charge in [-0.1, -0.05) is 26.2 Å². The summed E-state index contributed by atoms with van der Waals surface area (Å²) in [5.41, 5.74) is -1.86.